The molecule has 6 rings (SSSR count). The minimum absolute atomic E-state index is 0.0327. The lowest BCUT2D eigenvalue weighted by molar-refractivity contribution is -0.123. The smallest absolute Gasteiger partial charge is 0.491 e. The SMILES string of the molecule is Cc1ccc(OC[C@@H](O)C(C)NCCCCCCCCNC(=O)CCCCCNC(=O)COc2ccc(/C=C/C3=NC(=C\c4ccc(-c5cccs5)n4B(F)F)/C=C3)cc2)c2c1CCC2. The summed E-state index contributed by atoms with van der Waals surface area (Å²) >= 11 is 1.42. The predicted octanol–water partition coefficient (Wildman–Crippen LogP) is 9.78. The summed E-state index contributed by atoms with van der Waals surface area (Å²) in [5.74, 6) is 1.38. The Morgan fingerprint density at radius 2 is 1.57 bits per heavy atom. The largest absolute Gasteiger partial charge is 0.678 e. The van der Waals surface area contributed by atoms with Gasteiger partial charge in [-0.25, -0.2) is 4.99 Å². The van der Waals surface area contributed by atoms with Crippen LogP contribution in [0.3, 0.4) is 0 Å². The average Bonchev–Trinajstić information content (AvgIpc) is 4.15. The first-order valence-corrected chi connectivity index (χ1v) is 24.1. The number of rotatable bonds is 28. The quantitative estimate of drug-likeness (QED) is 0.0332. The maximum atomic E-state index is 14.0. The third kappa shape index (κ3) is 15.7. The molecule has 2 aromatic carbocycles. The van der Waals surface area contributed by atoms with Gasteiger partial charge in [-0.15, -0.1) is 11.3 Å². The topological polar surface area (TPSA) is 126 Å². The highest BCUT2D eigenvalue weighted by atomic mass is 32.1. The number of fused-ring (bicyclic) bond motifs is 1. The third-order valence-electron chi connectivity index (χ3n) is 11.9. The number of amides is 2. The van der Waals surface area contributed by atoms with Crippen LogP contribution in [-0.2, 0) is 22.4 Å². The summed E-state index contributed by atoms with van der Waals surface area (Å²) in [4.78, 5) is 29.9. The molecule has 2 aromatic heterocycles. The van der Waals surface area contributed by atoms with Crippen LogP contribution < -0.4 is 25.4 Å². The van der Waals surface area contributed by atoms with E-state index >= 15 is 0 Å². The molecule has 2 amide bonds. The minimum atomic E-state index is -2.68. The van der Waals surface area contributed by atoms with E-state index in [4.69, 9.17) is 9.47 Å². The van der Waals surface area contributed by atoms with Crippen molar-refractivity contribution in [3.8, 4) is 22.1 Å². The van der Waals surface area contributed by atoms with Crippen molar-refractivity contribution in [2.45, 2.75) is 109 Å². The summed E-state index contributed by atoms with van der Waals surface area (Å²) in [6.45, 7) is 6.48. The Morgan fingerprint density at radius 3 is 2.32 bits per heavy atom. The summed E-state index contributed by atoms with van der Waals surface area (Å²) in [7, 11) is -2.68. The first-order chi connectivity index (χ1) is 31.6. The maximum Gasteiger partial charge on any atom is 0.678 e. The molecule has 0 saturated heterocycles. The number of aliphatic hydroxyl groups is 1. The highest BCUT2D eigenvalue weighted by molar-refractivity contribution is 7.13. The van der Waals surface area contributed by atoms with E-state index in [0.717, 1.165) is 97.8 Å². The third-order valence-corrected chi connectivity index (χ3v) is 12.7. The Kier molecular flexibility index (Phi) is 19.7. The van der Waals surface area contributed by atoms with E-state index in [2.05, 4.69) is 33.9 Å². The summed E-state index contributed by atoms with van der Waals surface area (Å²) in [5.41, 5.74) is 7.13. The molecular formula is C51H64BF2N5O5S. The van der Waals surface area contributed by atoms with Gasteiger partial charge in [0.2, 0.25) is 5.91 Å². The molecule has 1 unspecified atom stereocenters. The molecule has 4 aromatic rings. The Morgan fingerprint density at radius 1 is 0.846 bits per heavy atom. The van der Waals surface area contributed by atoms with Crippen molar-refractivity contribution in [1.29, 1.82) is 0 Å². The number of aryl methyl sites for hydroxylation is 1. The van der Waals surface area contributed by atoms with E-state index in [0.29, 0.717) is 54.7 Å². The highest BCUT2D eigenvalue weighted by Crippen LogP contribution is 2.33. The molecule has 65 heavy (non-hydrogen) atoms. The molecule has 0 spiro atoms. The van der Waals surface area contributed by atoms with E-state index in [1.165, 1.54) is 34.4 Å². The molecule has 0 radical (unpaired) electrons. The zero-order chi connectivity index (χ0) is 45.8. The summed E-state index contributed by atoms with van der Waals surface area (Å²) in [6.07, 6.45) is 21.3. The molecule has 14 heteroatoms. The van der Waals surface area contributed by atoms with Crippen LogP contribution in [0.25, 0.3) is 22.7 Å². The van der Waals surface area contributed by atoms with Gasteiger partial charge in [-0.3, -0.25) is 18.2 Å². The van der Waals surface area contributed by atoms with Crippen LogP contribution >= 0.6 is 11.3 Å². The van der Waals surface area contributed by atoms with E-state index in [9.17, 15) is 23.3 Å². The van der Waals surface area contributed by atoms with Crippen LogP contribution in [0.1, 0.15) is 106 Å². The second-order valence-corrected chi connectivity index (χ2v) is 17.8. The van der Waals surface area contributed by atoms with Crippen molar-refractivity contribution in [2.75, 3.05) is 32.8 Å². The monoisotopic (exact) mass is 907 g/mol. The Labute approximate surface area is 387 Å². The fraction of sp³-hybridized carbons (Fsp3) is 0.431. The van der Waals surface area contributed by atoms with Gasteiger partial charge in [-0.1, -0.05) is 62.4 Å². The molecule has 0 saturated carbocycles. The maximum absolute atomic E-state index is 14.0. The van der Waals surface area contributed by atoms with Gasteiger partial charge >= 0.3 is 7.40 Å². The van der Waals surface area contributed by atoms with Crippen molar-refractivity contribution in [3.05, 3.63) is 118 Å². The summed E-state index contributed by atoms with van der Waals surface area (Å²) in [6, 6.07) is 18.5. The number of carbonyl (C=O) groups is 2. The zero-order valence-corrected chi connectivity index (χ0v) is 38.7. The first-order valence-electron chi connectivity index (χ1n) is 23.3. The van der Waals surface area contributed by atoms with Crippen LogP contribution in [0.2, 0.25) is 0 Å². The summed E-state index contributed by atoms with van der Waals surface area (Å²) in [5, 5.41) is 21.8. The number of aliphatic hydroxyl groups excluding tert-OH is 1. The molecule has 3 heterocycles. The fourth-order valence-electron chi connectivity index (χ4n) is 8.06. The zero-order valence-electron chi connectivity index (χ0n) is 37.8. The molecule has 0 fully saturated rings. The highest BCUT2D eigenvalue weighted by Gasteiger charge is 2.24. The van der Waals surface area contributed by atoms with Crippen molar-refractivity contribution in [2.24, 2.45) is 4.99 Å². The van der Waals surface area contributed by atoms with Crippen LogP contribution in [0, 0.1) is 6.92 Å². The Balaban J connectivity index is 0.729. The number of halogens is 2. The van der Waals surface area contributed by atoms with Gasteiger partial charge in [0.1, 0.15) is 24.2 Å². The van der Waals surface area contributed by atoms with E-state index < -0.39 is 13.5 Å². The lowest BCUT2D eigenvalue weighted by atomic mass is 10.0. The lowest BCUT2D eigenvalue weighted by Crippen LogP contribution is -2.41. The van der Waals surface area contributed by atoms with Crippen molar-refractivity contribution >= 4 is 48.4 Å². The molecule has 4 N–H and O–H groups in total. The number of allylic oxidation sites excluding steroid dienone is 3. The van der Waals surface area contributed by atoms with E-state index in [1.54, 1.807) is 36.4 Å². The number of hydrogen-bond acceptors (Lipinski definition) is 8. The van der Waals surface area contributed by atoms with Crippen molar-refractivity contribution in [3.63, 3.8) is 0 Å². The van der Waals surface area contributed by atoms with E-state index in [-0.39, 0.29) is 24.5 Å². The average molecular weight is 908 g/mol. The number of carbonyl (C=O) groups excluding carboxylic acids is 2. The van der Waals surface area contributed by atoms with Crippen LogP contribution in [0.4, 0.5) is 8.63 Å². The first kappa shape index (κ1) is 49.1. The van der Waals surface area contributed by atoms with Crippen molar-refractivity contribution in [1.82, 2.24) is 20.4 Å². The van der Waals surface area contributed by atoms with Crippen LogP contribution in [-0.4, -0.2) is 79.5 Å². The van der Waals surface area contributed by atoms with E-state index in [1.807, 2.05) is 60.9 Å². The predicted molar refractivity (Wildman–Crippen MR) is 261 cm³/mol. The molecular weight excluding hydrogens is 843 g/mol. The summed E-state index contributed by atoms with van der Waals surface area (Å²) < 4.78 is 40.6. The molecule has 1 aliphatic carbocycles. The van der Waals surface area contributed by atoms with Gasteiger partial charge in [0.25, 0.3) is 5.91 Å². The normalized spacial score (nSPS) is 14.7. The van der Waals surface area contributed by atoms with Gasteiger partial charge in [0.15, 0.2) is 6.61 Å². The second kappa shape index (κ2) is 26.0. The molecule has 346 valence electrons. The number of aromatic nitrogens is 1. The second-order valence-electron chi connectivity index (χ2n) is 16.8. The number of ether oxygens (including phenoxy) is 2. The molecule has 2 aliphatic rings. The molecule has 10 nitrogen and oxygen atoms in total. The van der Waals surface area contributed by atoms with Gasteiger partial charge in [0, 0.05) is 36.1 Å². The number of unbranched alkanes of at least 4 members (excludes halogenated alkanes) is 7. The number of thiophene rings is 1. The van der Waals surface area contributed by atoms with Gasteiger partial charge in [-0.05, 0) is 154 Å². The van der Waals surface area contributed by atoms with Crippen LogP contribution in [0.15, 0.2) is 95.0 Å². The minimum Gasteiger partial charge on any atom is -0.491 e. The van der Waals surface area contributed by atoms with Gasteiger partial charge in [-0.2, -0.15) is 0 Å². The Hall–Kier alpha value is -5.31. The van der Waals surface area contributed by atoms with Gasteiger partial charge < -0.3 is 35.0 Å². The molecule has 0 bridgehead atoms. The Bertz CT molecular complexity index is 2260. The number of nitrogens with one attached hydrogen (secondary N) is 3. The van der Waals surface area contributed by atoms with Crippen LogP contribution in [0.5, 0.6) is 11.5 Å². The fourth-order valence-corrected chi connectivity index (χ4v) is 8.81. The van der Waals surface area contributed by atoms with Gasteiger partial charge in [0.05, 0.1) is 17.1 Å². The van der Waals surface area contributed by atoms with Crippen molar-refractivity contribution < 1.29 is 32.8 Å². The number of hydrogen-bond donors (Lipinski definition) is 4. The number of nitrogens with zero attached hydrogens (tertiary/aromatic N) is 2. The molecule has 1 aliphatic heterocycles. The lowest BCUT2D eigenvalue weighted by Gasteiger charge is -2.21. The standard InChI is InChI=1S/C51H64BF2N5O5S/c1-37-18-29-48(45-15-12-14-44(37)45)64-35-47(60)38(2)55-30-9-5-3-4-6-10-31-56-50(61)17-8-7-11-32-57-51(62)36-63-43-26-20-39(21-27-43)19-22-40-23-24-41(58-40)34-42-25-28-46(59(42)52(53)54)49-16-13-33-65-49/h13,16,18-29,33-34,38,47,55,60H,3-12,14-15,17,30-32,35-36H2,1-2H3,(H,56,61)(H,57,62)/b22-19+,41-34-/t38?,47-/m1/s1. The number of benzene rings is 2. The number of aliphatic imine (C=N–C) groups is 1. The molecule has 2 atom stereocenters.